The van der Waals surface area contributed by atoms with E-state index in [2.05, 4.69) is 35.5 Å². The van der Waals surface area contributed by atoms with Gasteiger partial charge in [-0.05, 0) is 35.9 Å². The van der Waals surface area contributed by atoms with Gasteiger partial charge < -0.3 is 10.3 Å². The Labute approximate surface area is 228 Å². The zero-order valence-corrected chi connectivity index (χ0v) is 21.2. The molecule has 9 nitrogen and oxygen atoms in total. The largest absolute Gasteiger partial charge is 0.337 e. The van der Waals surface area contributed by atoms with Crippen molar-refractivity contribution in [3.05, 3.63) is 109 Å². The summed E-state index contributed by atoms with van der Waals surface area (Å²) in [4.78, 5) is 34.3. The Hall–Kier alpha value is -5.70. The van der Waals surface area contributed by atoms with Crippen molar-refractivity contribution in [2.45, 2.75) is 6.42 Å². The Morgan fingerprint density at radius 2 is 1.73 bits per heavy atom. The van der Waals surface area contributed by atoms with E-state index in [1.54, 1.807) is 24.8 Å². The second-order valence-corrected chi connectivity index (χ2v) is 9.37. The Bertz CT molecular complexity index is 1980. The maximum Gasteiger partial charge on any atom is 0.228 e. The highest BCUT2D eigenvalue weighted by molar-refractivity contribution is 5.97. The molecule has 0 radical (unpaired) electrons. The predicted octanol–water partition coefficient (Wildman–Crippen LogP) is 5.81. The van der Waals surface area contributed by atoms with E-state index in [0.717, 1.165) is 50.1 Å². The number of hydrogen-bond acceptors (Lipinski definition) is 6. The number of aromatic nitrogens is 7. The van der Waals surface area contributed by atoms with Gasteiger partial charge in [0.1, 0.15) is 5.69 Å². The van der Waals surface area contributed by atoms with Crippen LogP contribution < -0.4 is 5.32 Å². The molecule has 192 valence electrons. The predicted molar refractivity (Wildman–Crippen MR) is 154 cm³/mol. The summed E-state index contributed by atoms with van der Waals surface area (Å²) in [6, 6.07) is 25.3. The summed E-state index contributed by atoms with van der Waals surface area (Å²) < 4.78 is 0. The first-order chi connectivity index (χ1) is 19.7. The summed E-state index contributed by atoms with van der Waals surface area (Å²) >= 11 is 0. The van der Waals surface area contributed by atoms with Crippen molar-refractivity contribution in [2.75, 3.05) is 5.32 Å². The fourth-order valence-corrected chi connectivity index (χ4v) is 4.77. The molecule has 2 aromatic carbocycles. The van der Waals surface area contributed by atoms with Crippen molar-refractivity contribution >= 4 is 33.7 Å². The van der Waals surface area contributed by atoms with Crippen molar-refractivity contribution in [3.63, 3.8) is 0 Å². The molecule has 0 aliphatic rings. The lowest BCUT2D eigenvalue weighted by Gasteiger charge is -2.07. The minimum absolute atomic E-state index is 0.106. The molecule has 0 aliphatic carbocycles. The number of nitrogens with one attached hydrogen (secondary N) is 3. The summed E-state index contributed by atoms with van der Waals surface area (Å²) in [6.07, 6.45) is 7.19. The lowest BCUT2D eigenvalue weighted by molar-refractivity contribution is -0.115. The summed E-state index contributed by atoms with van der Waals surface area (Å²) in [5.74, 6) is 0.547. The Balaban J connectivity index is 1.21. The Kier molecular flexibility index (Phi) is 5.78. The van der Waals surface area contributed by atoms with E-state index in [4.69, 9.17) is 4.98 Å². The van der Waals surface area contributed by atoms with Crippen molar-refractivity contribution in [1.82, 2.24) is 35.1 Å². The number of amides is 1. The first-order valence-electron chi connectivity index (χ1n) is 12.7. The van der Waals surface area contributed by atoms with Gasteiger partial charge >= 0.3 is 0 Å². The van der Waals surface area contributed by atoms with E-state index >= 15 is 0 Å². The maximum absolute atomic E-state index is 12.6. The van der Waals surface area contributed by atoms with Gasteiger partial charge in [0.25, 0.3) is 0 Å². The number of anilines is 1. The van der Waals surface area contributed by atoms with Gasteiger partial charge in [-0.15, -0.1) is 0 Å². The van der Waals surface area contributed by atoms with Crippen molar-refractivity contribution in [2.24, 2.45) is 0 Å². The van der Waals surface area contributed by atoms with Crippen LogP contribution in [0.4, 0.5) is 5.69 Å². The van der Waals surface area contributed by atoms with Gasteiger partial charge in [0.2, 0.25) is 5.91 Å². The molecule has 7 rings (SSSR count). The highest BCUT2D eigenvalue weighted by Gasteiger charge is 2.16. The van der Waals surface area contributed by atoms with Crippen LogP contribution in [0.5, 0.6) is 0 Å². The van der Waals surface area contributed by atoms with E-state index < -0.39 is 0 Å². The number of carbonyl (C=O) groups excluding carboxylic acids is 1. The van der Waals surface area contributed by atoms with Gasteiger partial charge in [0.05, 0.1) is 40.4 Å². The highest BCUT2D eigenvalue weighted by atomic mass is 16.1. The third-order valence-electron chi connectivity index (χ3n) is 6.66. The molecule has 0 aliphatic heterocycles. The number of imidazole rings is 1. The fraction of sp³-hybridized carbons (Fsp3) is 0.0323. The molecule has 0 saturated heterocycles. The lowest BCUT2D eigenvalue weighted by atomic mass is 10.1. The number of pyridine rings is 3. The third kappa shape index (κ3) is 4.45. The van der Waals surface area contributed by atoms with E-state index in [1.807, 2.05) is 78.9 Å². The molecule has 40 heavy (non-hydrogen) atoms. The molecule has 9 heteroatoms. The van der Waals surface area contributed by atoms with Crippen LogP contribution in [-0.2, 0) is 11.2 Å². The van der Waals surface area contributed by atoms with Gasteiger partial charge in [0.15, 0.2) is 11.5 Å². The molecular formula is C31H22N8O. The second-order valence-electron chi connectivity index (χ2n) is 9.37. The molecule has 0 fully saturated rings. The number of para-hydroxylation sites is 1. The molecular weight excluding hydrogens is 500 g/mol. The molecule has 1 amide bonds. The van der Waals surface area contributed by atoms with Crippen molar-refractivity contribution in [3.8, 4) is 33.9 Å². The Morgan fingerprint density at radius 3 is 2.60 bits per heavy atom. The highest BCUT2D eigenvalue weighted by Crippen LogP contribution is 2.32. The van der Waals surface area contributed by atoms with Crippen molar-refractivity contribution < 1.29 is 4.79 Å². The topological polar surface area (TPSA) is 125 Å². The Morgan fingerprint density at radius 1 is 0.850 bits per heavy atom. The van der Waals surface area contributed by atoms with Crippen LogP contribution >= 0.6 is 0 Å². The van der Waals surface area contributed by atoms with E-state index in [-0.39, 0.29) is 12.3 Å². The zero-order chi connectivity index (χ0) is 26.9. The molecule has 0 bridgehead atoms. The van der Waals surface area contributed by atoms with Crippen molar-refractivity contribution in [1.29, 1.82) is 0 Å². The number of H-pyrrole nitrogens is 2. The number of carbonyl (C=O) groups is 1. The second kappa shape index (κ2) is 9.88. The normalized spacial score (nSPS) is 11.2. The van der Waals surface area contributed by atoms with Crippen LogP contribution in [0.3, 0.4) is 0 Å². The minimum Gasteiger partial charge on any atom is -0.337 e. The van der Waals surface area contributed by atoms with Gasteiger partial charge in [-0.3, -0.25) is 19.9 Å². The SMILES string of the molecule is O=C(Cc1ccccc1)Nc1cncc(-c2cnc3n[nH]c(-c4nc5c(-c6ccccn6)cccc5[nH]4)c3c2)c1. The van der Waals surface area contributed by atoms with Gasteiger partial charge in [-0.2, -0.15) is 5.10 Å². The van der Waals surface area contributed by atoms with Crippen LogP contribution in [0.25, 0.3) is 56.0 Å². The van der Waals surface area contributed by atoms with Gasteiger partial charge in [-0.1, -0.05) is 48.5 Å². The monoisotopic (exact) mass is 522 g/mol. The molecule has 0 spiro atoms. The maximum atomic E-state index is 12.6. The molecule has 0 saturated carbocycles. The molecule has 7 aromatic rings. The number of aromatic amines is 2. The third-order valence-corrected chi connectivity index (χ3v) is 6.66. The van der Waals surface area contributed by atoms with E-state index in [9.17, 15) is 4.79 Å². The smallest absolute Gasteiger partial charge is 0.228 e. The van der Waals surface area contributed by atoms with E-state index in [1.165, 1.54) is 0 Å². The lowest BCUT2D eigenvalue weighted by Crippen LogP contribution is -2.14. The first-order valence-corrected chi connectivity index (χ1v) is 12.7. The number of hydrogen-bond donors (Lipinski definition) is 3. The van der Waals surface area contributed by atoms with Crippen LogP contribution in [0.1, 0.15) is 5.56 Å². The molecule has 0 unspecified atom stereocenters. The molecule has 5 heterocycles. The first kappa shape index (κ1) is 23.4. The number of fused-ring (bicyclic) bond motifs is 2. The van der Waals surface area contributed by atoms with Gasteiger partial charge in [0, 0.05) is 35.3 Å². The zero-order valence-electron chi connectivity index (χ0n) is 21.2. The standard InChI is InChI=1S/C31H22N8O/c40-27(13-19-7-2-1-3-8-19)35-22-14-20(16-32-18-22)21-15-24-29(38-39-30(24)34-17-21)31-36-26-11-6-9-23(28(26)37-31)25-10-4-5-12-33-25/h1-12,14-18H,13H2,(H,35,40)(H,36,37)(H,34,38,39). The van der Waals surface area contributed by atoms with Crippen LogP contribution in [-0.4, -0.2) is 41.0 Å². The molecule has 5 aromatic heterocycles. The van der Waals surface area contributed by atoms with Crippen LogP contribution in [0.2, 0.25) is 0 Å². The van der Waals surface area contributed by atoms with Crippen LogP contribution in [0.15, 0.2) is 104 Å². The van der Waals surface area contributed by atoms with Crippen LogP contribution in [0, 0.1) is 0 Å². The average molecular weight is 523 g/mol. The summed E-state index contributed by atoms with van der Waals surface area (Å²) in [5.41, 5.74) is 8.05. The fourth-order valence-electron chi connectivity index (χ4n) is 4.77. The average Bonchev–Trinajstić information content (AvgIpc) is 3.62. The quantitative estimate of drug-likeness (QED) is 0.253. The number of nitrogens with zero attached hydrogens (tertiary/aromatic N) is 5. The minimum atomic E-state index is -0.106. The number of benzene rings is 2. The summed E-state index contributed by atoms with van der Waals surface area (Å²) in [7, 11) is 0. The summed E-state index contributed by atoms with van der Waals surface area (Å²) in [5, 5.41) is 11.2. The summed E-state index contributed by atoms with van der Waals surface area (Å²) in [6.45, 7) is 0. The molecule has 3 N–H and O–H groups in total. The number of rotatable bonds is 6. The van der Waals surface area contributed by atoms with E-state index in [0.29, 0.717) is 17.2 Å². The molecule has 0 atom stereocenters. The van der Waals surface area contributed by atoms with Gasteiger partial charge in [-0.25, -0.2) is 9.97 Å².